The van der Waals surface area contributed by atoms with Crippen LogP contribution in [0.2, 0.25) is 5.15 Å². The first-order chi connectivity index (χ1) is 19.4. The van der Waals surface area contributed by atoms with Crippen LogP contribution in [0.4, 0.5) is 10.1 Å². The lowest BCUT2D eigenvalue weighted by atomic mass is 9.89. The molecule has 1 aliphatic rings. The Hall–Kier alpha value is -2.41. The van der Waals surface area contributed by atoms with Crippen LogP contribution in [0.3, 0.4) is 0 Å². The molecule has 0 amide bonds. The van der Waals surface area contributed by atoms with Gasteiger partial charge in [-0.3, -0.25) is 0 Å². The Morgan fingerprint density at radius 2 is 2.12 bits per heavy atom. The van der Waals surface area contributed by atoms with E-state index in [1.54, 1.807) is 24.1 Å². The molecule has 1 aliphatic heterocycles. The number of furan rings is 1. The molecular weight excluding hydrogens is 589 g/mol. The van der Waals surface area contributed by atoms with E-state index in [0.717, 1.165) is 57.9 Å². The van der Waals surface area contributed by atoms with Crippen LogP contribution in [0.15, 0.2) is 57.4 Å². The molecule has 4 heterocycles. The van der Waals surface area contributed by atoms with Gasteiger partial charge in [0.2, 0.25) is 5.15 Å². The van der Waals surface area contributed by atoms with Crippen LogP contribution in [-0.2, 0) is 21.7 Å². The van der Waals surface area contributed by atoms with Crippen LogP contribution in [0.25, 0.3) is 27.3 Å². The molecule has 0 saturated carbocycles. The molecule has 0 aliphatic carbocycles. The molecular formula is C28H30ClFN5O2S3+. The molecule has 12 heteroatoms. The highest BCUT2D eigenvalue weighted by Gasteiger charge is 2.35. The van der Waals surface area contributed by atoms with Crippen LogP contribution in [-0.4, -0.2) is 47.1 Å². The maximum Gasteiger partial charge on any atom is 0.291 e. The summed E-state index contributed by atoms with van der Waals surface area (Å²) >= 11 is 9.56. The number of anilines is 1. The summed E-state index contributed by atoms with van der Waals surface area (Å²) in [5, 5.41) is 7.11. The first kappa shape index (κ1) is 27.7. The predicted octanol–water partition coefficient (Wildman–Crippen LogP) is 6.88. The summed E-state index contributed by atoms with van der Waals surface area (Å²) in [6.07, 6.45) is 5.83. The highest BCUT2D eigenvalue weighted by molar-refractivity contribution is 7.99. The van der Waals surface area contributed by atoms with E-state index < -0.39 is 11.0 Å². The maximum atomic E-state index is 13.9. The van der Waals surface area contributed by atoms with E-state index in [-0.39, 0.29) is 11.7 Å². The Morgan fingerprint density at radius 3 is 2.88 bits per heavy atom. The standard InChI is InChI=1S/C28H29ClFN5O2S3/c1-31-15-22-21-13-20(23(33(2)38-3)14-24(21)37-25(22)17-6-8-19(30)9-7-17)18-5-4-10-34(16-18)40(36)27-26(29)32-28-35(27)11-12-39-28/h6-9,11-14,18,31H,4-5,10,15-16H2,1-3H3/p+1/t18-,40?/m0/s1. The minimum atomic E-state index is -1.89. The van der Waals surface area contributed by atoms with Crippen molar-refractivity contribution in [1.82, 2.24) is 19.0 Å². The van der Waals surface area contributed by atoms with Gasteiger partial charge in [-0.25, -0.2) is 13.8 Å². The fourth-order valence-electron chi connectivity index (χ4n) is 5.51. The van der Waals surface area contributed by atoms with E-state index in [2.05, 4.69) is 31.0 Å². The number of nitrogens with zero attached hydrogens (tertiary/aromatic N) is 4. The molecule has 6 rings (SSSR count). The van der Waals surface area contributed by atoms with Crippen molar-refractivity contribution in [1.29, 1.82) is 0 Å². The first-order valence-corrected chi connectivity index (χ1v) is 16.7. The predicted molar refractivity (Wildman–Crippen MR) is 166 cm³/mol. The molecule has 0 bridgehead atoms. The molecule has 7 nitrogen and oxygen atoms in total. The number of nitrogens with one attached hydrogen (secondary N) is 1. The average molecular weight is 619 g/mol. The van der Waals surface area contributed by atoms with Crippen LogP contribution in [0.1, 0.15) is 29.9 Å². The lowest BCUT2D eigenvalue weighted by Gasteiger charge is -2.31. The maximum absolute atomic E-state index is 13.9. The number of halogens is 2. The number of hydrogen-bond acceptors (Lipinski definition) is 7. The number of aromatic nitrogens is 2. The van der Waals surface area contributed by atoms with Gasteiger partial charge in [-0.2, -0.15) is 0 Å². The van der Waals surface area contributed by atoms with Gasteiger partial charge < -0.3 is 14.0 Å². The Bertz CT molecular complexity index is 1700. The molecule has 1 fully saturated rings. The zero-order valence-electron chi connectivity index (χ0n) is 22.4. The van der Waals surface area contributed by atoms with Crippen molar-refractivity contribution >= 4 is 67.5 Å². The van der Waals surface area contributed by atoms with E-state index in [9.17, 15) is 8.60 Å². The zero-order chi connectivity index (χ0) is 28.0. The summed E-state index contributed by atoms with van der Waals surface area (Å²) in [5.41, 5.74) is 4.92. The van der Waals surface area contributed by atoms with Gasteiger partial charge >= 0.3 is 0 Å². The van der Waals surface area contributed by atoms with Gasteiger partial charge in [0.05, 0.1) is 12.2 Å². The minimum Gasteiger partial charge on any atom is -0.456 e. The van der Waals surface area contributed by atoms with E-state index in [4.69, 9.17) is 16.0 Å². The number of piperidine rings is 1. The topological polar surface area (TPSA) is 66.0 Å². The molecule has 0 radical (unpaired) electrons. The van der Waals surface area contributed by atoms with Gasteiger partial charge in [0, 0.05) is 66.5 Å². The van der Waals surface area contributed by atoms with Crippen LogP contribution in [0.5, 0.6) is 0 Å². The average Bonchev–Trinajstić information content (AvgIpc) is 3.65. The lowest BCUT2D eigenvalue weighted by molar-refractivity contribution is 0.327. The summed E-state index contributed by atoms with van der Waals surface area (Å²) in [7, 11) is 2.07. The molecule has 1 N–H and O–H groups in total. The minimum absolute atomic E-state index is 0.165. The Kier molecular flexibility index (Phi) is 7.95. The molecule has 3 aromatic heterocycles. The van der Waals surface area contributed by atoms with Crippen LogP contribution < -0.4 is 9.62 Å². The number of benzene rings is 2. The normalized spacial score (nSPS) is 17.2. The second-order valence-electron chi connectivity index (χ2n) is 9.84. The van der Waals surface area contributed by atoms with Crippen molar-refractivity contribution in [3.63, 3.8) is 0 Å². The Labute approximate surface area is 248 Å². The van der Waals surface area contributed by atoms with Crippen molar-refractivity contribution < 1.29 is 13.0 Å². The fraction of sp³-hybridized carbons (Fsp3) is 0.321. The number of thiol groups is 1. The third kappa shape index (κ3) is 4.97. The molecule has 0 spiro atoms. The summed E-state index contributed by atoms with van der Waals surface area (Å²) in [4.78, 5) is 5.15. The van der Waals surface area contributed by atoms with Gasteiger partial charge in [0.15, 0.2) is 15.9 Å². The molecule has 1 saturated heterocycles. The van der Waals surface area contributed by atoms with Crippen molar-refractivity contribution in [2.45, 2.75) is 30.3 Å². The lowest BCUT2D eigenvalue weighted by Crippen LogP contribution is -2.36. The van der Waals surface area contributed by atoms with E-state index in [0.29, 0.717) is 23.3 Å². The van der Waals surface area contributed by atoms with Crippen LogP contribution >= 0.6 is 34.9 Å². The summed E-state index contributed by atoms with van der Waals surface area (Å²) < 4.78 is 40.0. The molecule has 5 aromatic rings. The molecule has 2 aromatic carbocycles. The largest absolute Gasteiger partial charge is 0.456 e. The van der Waals surface area contributed by atoms with E-state index in [1.807, 2.05) is 36.3 Å². The summed E-state index contributed by atoms with van der Waals surface area (Å²) in [5.74, 6) is 0.624. The molecule has 2 atom stereocenters. The Balaban J connectivity index is 1.42. The number of rotatable bonds is 8. The van der Waals surface area contributed by atoms with Gasteiger partial charge in [-0.05, 0) is 55.8 Å². The third-order valence-corrected chi connectivity index (χ3v) is 11.1. The van der Waals surface area contributed by atoms with E-state index >= 15 is 0 Å². The second kappa shape index (κ2) is 11.5. The van der Waals surface area contributed by atoms with Gasteiger partial charge in [-0.15, -0.1) is 15.6 Å². The van der Waals surface area contributed by atoms with Gasteiger partial charge in [-0.1, -0.05) is 27.8 Å². The second-order valence-corrected chi connectivity index (χ2v) is 13.5. The number of hydrogen-bond donors (Lipinski definition) is 1. The Morgan fingerprint density at radius 1 is 1.32 bits per heavy atom. The number of fused-ring (bicyclic) bond motifs is 2. The molecule has 210 valence electrons. The smallest absolute Gasteiger partial charge is 0.291 e. The van der Waals surface area contributed by atoms with Crippen molar-refractivity contribution in [2.24, 2.45) is 0 Å². The number of thiazole rings is 1. The SMILES string of the molecule is CNCc1c(-c2ccc(F)cc2)oc2cc(N(C)SC)c([C@H]3CCCN([SH+](=O)c4c(Cl)nc5sccn45)C3)cc12. The quantitative estimate of drug-likeness (QED) is 0.116. The van der Waals surface area contributed by atoms with Gasteiger partial charge in [0.25, 0.3) is 5.03 Å². The molecule has 40 heavy (non-hydrogen) atoms. The highest BCUT2D eigenvalue weighted by atomic mass is 35.5. The van der Waals surface area contributed by atoms with E-state index in [1.165, 1.54) is 29.0 Å². The highest BCUT2D eigenvalue weighted by Crippen LogP contribution is 2.43. The molecule has 1 unspecified atom stereocenters. The summed E-state index contributed by atoms with van der Waals surface area (Å²) in [6.45, 7) is 1.99. The monoisotopic (exact) mass is 618 g/mol. The van der Waals surface area contributed by atoms with Crippen molar-refractivity contribution in [3.05, 3.63) is 70.1 Å². The van der Waals surface area contributed by atoms with Crippen LogP contribution in [0, 0.1) is 5.82 Å². The summed E-state index contributed by atoms with van der Waals surface area (Å²) in [6, 6.07) is 10.8. The first-order valence-electron chi connectivity index (χ1n) is 13.0. The van der Waals surface area contributed by atoms with Crippen molar-refractivity contribution in [3.8, 4) is 11.3 Å². The van der Waals surface area contributed by atoms with Crippen molar-refractivity contribution in [2.75, 3.05) is 37.7 Å². The zero-order valence-corrected chi connectivity index (χ0v) is 25.6. The van der Waals surface area contributed by atoms with Gasteiger partial charge in [0.1, 0.15) is 17.2 Å². The third-order valence-electron chi connectivity index (χ3n) is 7.49. The fourth-order valence-corrected chi connectivity index (χ4v) is 8.58. The number of imidazole rings is 1.